The number of benzene rings is 1. The predicted octanol–water partition coefficient (Wildman–Crippen LogP) is 2.55. The van der Waals surface area contributed by atoms with Gasteiger partial charge in [-0.2, -0.15) is 0 Å². The lowest BCUT2D eigenvalue weighted by Crippen LogP contribution is -2.53. The summed E-state index contributed by atoms with van der Waals surface area (Å²) in [6, 6.07) is 6.71. The second-order valence-corrected chi connectivity index (χ2v) is 6.43. The van der Waals surface area contributed by atoms with E-state index in [-0.39, 0.29) is 5.54 Å². The van der Waals surface area contributed by atoms with Crippen LogP contribution in [0.1, 0.15) is 30.4 Å². The number of nitrogens with zero attached hydrogens (tertiary/aromatic N) is 2. The normalized spacial score (nSPS) is 24.4. The first kappa shape index (κ1) is 15.3. The molecule has 0 spiro atoms. The van der Waals surface area contributed by atoms with Gasteiger partial charge in [0.05, 0.1) is 5.54 Å². The van der Waals surface area contributed by atoms with E-state index >= 15 is 0 Å². The van der Waals surface area contributed by atoms with E-state index in [1.165, 1.54) is 36.2 Å². The van der Waals surface area contributed by atoms with Crippen molar-refractivity contribution in [2.45, 2.75) is 38.6 Å². The number of likely N-dealkylation sites (tertiary alicyclic amines) is 1. The van der Waals surface area contributed by atoms with Crippen molar-refractivity contribution < 1.29 is 0 Å². The molecule has 1 fully saturated rings. The van der Waals surface area contributed by atoms with Crippen LogP contribution in [-0.2, 0) is 0 Å². The number of aryl methyl sites for hydroxylation is 2. The molecule has 1 aromatic rings. The van der Waals surface area contributed by atoms with Crippen molar-refractivity contribution in [3.05, 3.63) is 29.3 Å². The Morgan fingerprint density at radius 3 is 2.65 bits per heavy atom. The minimum Gasteiger partial charge on any atom is -0.367 e. The molecule has 0 amide bonds. The quantitative estimate of drug-likeness (QED) is 0.920. The fraction of sp³-hybridized carbons (Fsp3) is 0.647. The highest BCUT2D eigenvalue weighted by Crippen LogP contribution is 2.33. The van der Waals surface area contributed by atoms with E-state index in [1.807, 2.05) is 0 Å². The summed E-state index contributed by atoms with van der Waals surface area (Å²) in [7, 11) is 4.43. The summed E-state index contributed by atoms with van der Waals surface area (Å²) >= 11 is 0. The Balaban J connectivity index is 2.29. The van der Waals surface area contributed by atoms with E-state index in [2.05, 4.69) is 55.9 Å². The molecule has 0 aliphatic carbocycles. The van der Waals surface area contributed by atoms with Crippen LogP contribution in [0.2, 0.25) is 0 Å². The van der Waals surface area contributed by atoms with Crippen LogP contribution in [-0.4, -0.2) is 44.2 Å². The zero-order chi connectivity index (χ0) is 14.8. The summed E-state index contributed by atoms with van der Waals surface area (Å²) in [5, 5.41) is 0. The molecule has 0 saturated carbocycles. The van der Waals surface area contributed by atoms with E-state index in [1.54, 1.807) is 0 Å². The highest BCUT2D eigenvalue weighted by molar-refractivity contribution is 5.56. The number of likely N-dealkylation sites (N-methyl/N-ethyl adjacent to an activating group) is 1. The summed E-state index contributed by atoms with van der Waals surface area (Å²) in [6.07, 6.45) is 3.55. The molecule has 2 rings (SSSR count). The minimum absolute atomic E-state index is 0.102. The Hall–Kier alpha value is -1.06. The van der Waals surface area contributed by atoms with Gasteiger partial charge in [-0.15, -0.1) is 0 Å². The van der Waals surface area contributed by atoms with Gasteiger partial charge in [0.1, 0.15) is 0 Å². The molecule has 1 aliphatic rings. The molecule has 2 N–H and O–H groups in total. The molecular formula is C17H29N3. The van der Waals surface area contributed by atoms with Crippen LogP contribution >= 0.6 is 0 Å². The average Bonchev–Trinajstić information content (AvgIpc) is 2.61. The molecule has 3 heteroatoms. The van der Waals surface area contributed by atoms with Gasteiger partial charge in [0.2, 0.25) is 0 Å². The monoisotopic (exact) mass is 275 g/mol. The molecule has 0 aromatic heterocycles. The van der Waals surface area contributed by atoms with Crippen LogP contribution in [0.4, 0.5) is 5.69 Å². The van der Waals surface area contributed by atoms with Crippen molar-refractivity contribution in [3.8, 4) is 0 Å². The van der Waals surface area contributed by atoms with E-state index in [0.29, 0.717) is 0 Å². The number of hydrogen-bond acceptors (Lipinski definition) is 3. The number of nitrogens with two attached hydrogens (primary N) is 1. The molecule has 20 heavy (non-hydrogen) atoms. The summed E-state index contributed by atoms with van der Waals surface area (Å²) in [4.78, 5) is 4.87. The third-order valence-electron chi connectivity index (χ3n) is 4.95. The second-order valence-electron chi connectivity index (χ2n) is 6.43. The van der Waals surface area contributed by atoms with Gasteiger partial charge >= 0.3 is 0 Å². The van der Waals surface area contributed by atoms with Gasteiger partial charge in [-0.05, 0) is 58.3 Å². The lowest BCUT2D eigenvalue weighted by Gasteiger charge is -2.43. The van der Waals surface area contributed by atoms with Gasteiger partial charge in [-0.3, -0.25) is 0 Å². The smallest absolute Gasteiger partial charge is 0.0533 e. The highest BCUT2D eigenvalue weighted by atomic mass is 15.2. The molecule has 1 saturated heterocycles. The predicted molar refractivity (Wildman–Crippen MR) is 87.5 cm³/mol. The molecular weight excluding hydrogens is 246 g/mol. The van der Waals surface area contributed by atoms with Crippen molar-refractivity contribution >= 4 is 5.69 Å². The first-order valence-electron chi connectivity index (χ1n) is 7.68. The van der Waals surface area contributed by atoms with Crippen molar-refractivity contribution in [2.75, 3.05) is 38.6 Å². The molecule has 0 bridgehead atoms. The Morgan fingerprint density at radius 2 is 2.00 bits per heavy atom. The maximum atomic E-state index is 6.21. The van der Waals surface area contributed by atoms with E-state index in [0.717, 1.165) is 19.5 Å². The molecule has 1 aromatic carbocycles. The Labute approximate surface area is 123 Å². The van der Waals surface area contributed by atoms with Gasteiger partial charge in [-0.1, -0.05) is 17.7 Å². The molecule has 1 heterocycles. The van der Waals surface area contributed by atoms with Crippen molar-refractivity contribution in [1.29, 1.82) is 0 Å². The van der Waals surface area contributed by atoms with Crippen molar-refractivity contribution in [1.82, 2.24) is 4.90 Å². The molecule has 0 radical (unpaired) electrons. The highest BCUT2D eigenvalue weighted by Gasteiger charge is 2.35. The zero-order valence-corrected chi connectivity index (χ0v) is 13.4. The van der Waals surface area contributed by atoms with Gasteiger partial charge in [0.15, 0.2) is 0 Å². The van der Waals surface area contributed by atoms with Crippen LogP contribution in [0.5, 0.6) is 0 Å². The Kier molecular flexibility index (Phi) is 4.71. The first-order valence-corrected chi connectivity index (χ1v) is 7.68. The zero-order valence-electron chi connectivity index (χ0n) is 13.4. The molecule has 1 unspecified atom stereocenters. The lowest BCUT2D eigenvalue weighted by molar-refractivity contribution is 0.324. The minimum atomic E-state index is 0.102. The summed E-state index contributed by atoms with van der Waals surface area (Å²) < 4.78 is 0. The van der Waals surface area contributed by atoms with Crippen molar-refractivity contribution in [2.24, 2.45) is 5.73 Å². The van der Waals surface area contributed by atoms with Gasteiger partial charge < -0.3 is 15.5 Å². The third-order valence-corrected chi connectivity index (χ3v) is 4.95. The first-order chi connectivity index (χ1) is 9.48. The molecule has 112 valence electrons. The fourth-order valence-electron chi connectivity index (χ4n) is 3.43. The van der Waals surface area contributed by atoms with Crippen LogP contribution in [0.15, 0.2) is 18.2 Å². The van der Waals surface area contributed by atoms with E-state index < -0.39 is 0 Å². The summed E-state index contributed by atoms with van der Waals surface area (Å²) in [6.45, 7) is 7.39. The van der Waals surface area contributed by atoms with Gasteiger partial charge in [-0.25, -0.2) is 0 Å². The largest absolute Gasteiger partial charge is 0.367 e. The average molecular weight is 275 g/mol. The van der Waals surface area contributed by atoms with E-state index in [9.17, 15) is 0 Å². The summed E-state index contributed by atoms with van der Waals surface area (Å²) in [5.41, 5.74) is 10.3. The Bertz CT molecular complexity index is 458. The van der Waals surface area contributed by atoms with Gasteiger partial charge in [0.25, 0.3) is 0 Å². The SMILES string of the molecule is Cc1ccc(N(C)C2(CN)CCCN(C)CC2)c(C)c1. The van der Waals surface area contributed by atoms with Crippen LogP contribution in [0.25, 0.3) is 0 Å². The molecule has 3 nitrogen and oxygen atoms in total. The number of hydrogen-bond donors (Lipinski definition) is 1. The second kappa shape index (κ2) is 6.15. The van der Waals surface area contributed by atoms with Crippen LogP contribution < -0.4 is 10.6 Å². The van der Waals surface area contributed by atoms with Crippen molar-refractivity contribution in [3.63, 3.8) is 0 Å². The topological polar surface area (TPSA) is 32.5 Å². The Morgan fingerprint density at radius 1 is 1.25 bits per heavy atom. The standard InChI is InChI=1S/C17H29N3/c1-14-6-7-16(15(2)12-14)20(4)17(13-18)8-5-10-19(3)11-9-17/h6-7,12H,5,8-11,13,18H2,1-4H3. The fourth-order valence-corrected chi connectivity index (χ4v) is 3.43. The number of anilines is 1. The third kappa shape index (κ3) is 2.99. The molecule has 1 aliphatic heterocycles. The maximum absolute atomic E-state index is 6.21. The van der Waals surface area contributed by atoms with Gasteiger partial charge in [0, 0.05) is 25.8 Å². The summed E-state index contributed by atoms with van der Waals surface area (Å²) in [5.74, 6) is 0. The maximum Gasteiger partial charge on any atom is 0.0533 e. The van der Waals surface area contributed by atoms with Crippen LogP contribution in [0, 0.1) is 13.8 Å². The van der Waals surface area contributed by atoms with Crippen LogP contribution in [0.3, 0.4) is 0 Å². The van der Waals surface area contributed by atoms with E-state index in [4.69, 9.17) is 5.73 Å². The number of rotatable bonds is 3. The molecule has 1 atom stereocenters. The lowest BCUT2D eigenvalue weighted by atomic mass is 9.88.